The van der Waals surface area contributed by atoms with Gasteiger partial charge >= 0.3 is 0 Å². The standard InChI is InChI=1S/C11H20O3/c1-10(12)5-7-11(9-13-2)6-3-4-8-14-11/h3-9H2,1-2H3. The first kappa shape index (κ1) is 11.7. The Morgan fingerprint density at radius 3 is 2.79 bits per heavy atom. The second-order valence-corrected chi connectivity index (χ2v) is 4.12. The van der Waals surface area contributed by atoms with Crippen molar-refractivity contribution in [1.29, 1.82) is 0 Å². The highest BCUT2D eigenvalue weighted by Gasteiger charge is 2.33. The van der Waals surface area contributed by atoms with Gasteiger partial charge < -0.3 is 14.3 Å². The predicted octanol–water partition coefficient (Wildman–Crippen LogP) is 1.94. The van der Waals surface area contributed by atoms with E-state index in [2.05, 4.69) is 0 Å². The van der Waals surface area contributed by atoms with Crippen LogP contribution in [0.3, 0.4) is 0 Å². The van der Waals surface area contributed by atoms with Crippen LogP contribution in [0.25, 0.3) is 0 Å². The molecule has 82 valence electrons. The average Bonchev–Trinajstić information content (AvgIpc) is 2.17. The van der Waals surface area contributed by atoms with Crippen LogP contribution in [0.4, 0.5) is 0 Å². The predicted molar refractivity (Wildman–Crippen MR) is 54.3 cm³/mol. The maximum Gasteiger partial charge on any atom is 0.129 e. The van der Waals surface area contributed by atoms with Crippen LogP contribution >= 0.6 is 0 Å². The van der Waals surface area contributed by atoms with Crippen LogP contribution in [0.1, 0.15) is 39.0 Å². The van der Waals surface area contributed by atoms with Crippen molar-refractivity contribution >= 4 is 5.78 Å². The molecule has 1 rings (SSSR count). The summed E-state index contributed by atoms with van der Waals surface area (Å²) in [6, 6.07) is 0. The lowest BCUT2D eigenvalue weighted by Crippen LogP contribution is -2.41. The van der Waals surface area contributed by atoms with Gasteiger partial charge in [-0.3, -0.25) is 0 Å². The highest BCUT2D eigenvalue weighted by molar-refractivity contribution is 5.75. The van der Waals surface area contributed by atoms with Gasteiger partial charge in [-0.05, 0) is 32.6 Å². The molecule has 0 spiro atoms. The lowest BCUT2D eigenvalue weighted by atomic mass is 9.89. The van der Waals surface area contributed by atoms with E-state index in [0.717, 1.165) is 25.9 Å². The van der Waals surface area contributed by atoms with Gasteiger partial charge in [0.2, 0.25) is 0 Å². The van der Waals surface area contributed by atoms with Crippen LogP contribution in [-0.2, 0) is 14.3 Å². The Bertz CT molecular complexity index is 177. The van der Waals surface area contributed by atoms with Gasteiger partial charge in [-0.2, -0.15) is 0 Å². The van der Waals surface area contributed by atoms with Crippen molar-refractivity contribution in [1.82, 2.24) is 0 Å². The number of ketones is 1. The van der Waals surface area contributed by atoms with E-state index in [1.165, 1.54) is 6.42 Å². The molecule has 0 aromatic rings. The number of hydrogen-bond acceptors (Lipinski definition) is 3. The minimum Gasteiger partial charge on any atom is -0.382 e. The highest BCUT2D eigenvalue weighted by Crippen LogP contribution is 2.29. The van der Waals surface area contributed by atoms with Gasteiger partial charge in [-0.25, -0.2) is 0 Å². The van der Waals surface area contributed by atoms with Crippen molar-refractivity contribution in [2.24, 2.45) is 0 Å². The maximum atomic E-state index is 10.9. The van der Waals surface area contributed by atoms with E-state index in [9.17, 15) is 4.79 Å². The molecule has 0 aliphatic carbocycles. The fourth-order valence-electron chi connectivity index (χ4n) is 1.96. The minimum atomic E-state index is -0.182. The third kappa shape index (κ3) is 3.39. The van der Waals surface area contributed by atoms with E-state index < -0.39 is 0 Å². The van der Waals surface area contributed by atoms with Crippen LogP contribution < -0.4 is 0 Å². The molecular formula is C11H20O3. The molecule has 0 saturated carbocycles. The SMILES string of the molecule is COCC1(CCC(C)=O)CCCCO1. The number of hydrogen-bond donors (Lipinski definition) is 0. The number of carbonyl (C=O) groups is 1. The minimum absolute atomic E-state index is 0.182. The van der Waals surface area contributed by atoms with E-state index in [1.54, 1.807) is 14.0 Å². The number of ether oxygens (including phenoxy) is 2. The lowest BCUT2D eigenvalue weighted by molar-refractivity contribution is -0.130. The van der Waals surface area contributed by atoms with E-state index in [-0.39, 0.29) is 11.4 Å². The molecule has 3 nitrogen and oxygen atoms in total. The number of rotatable bonds is 5. The first-order chi connectivity index (χ1) is 6.68. The van der Waals surface area contributed by atoms with Crippen LogP contribution in [0.2, 0.25) is 0 Å². The maximum absolute atomic E-state index is 10.9. The summed E-state index contributed by atoms with van der Waals surface area (Å²) in [6.45, 7) is 3.05. The monoisotopic (exact) mass is 200 g/mol. The summed E-state index contributed by atoms with van der Waals surface area (Å²) < 4.78 is 11.0. The quantitative estimate of drug-likeness (QED) is 0.680. The molecule has 1 aliphatic heterocycles. The summed E-state index contributed by atoms with van der Waals surface area (Å²) in [4.78, 5) is 10.9. The van der Waals surface area contributed by atoms with E-state index in [1.807, 2.05) is 0 Å². The summed E-state index contributed by atoms with van der Waals surface area (Å²) >= 11 is 0. The summed E-state index contributed by atoms with van der Waals surface area (Å²) in [5, 5.41) is 0. The van der Waals surface area contributed by atoms with E-state index in [4.69, 9.17) is 9.47 Å². The number of Topliss-reactive ketones (excluding diaryl/α,β-unsaturated/α-hetero) is 1. The van der Waals surface area contributed by atoms with Crippen LogP contribution in [0, 0.1) is 0 Å². The Hall–Kier alpha value is -0.410. The molecule has 1 fully saturated rings. The molecule has 0 aromatic heterocycles. The van der Waals surface area contributed by atoms with Gasteiger partial charge in [0.25, 0.3) is 0 Å². The molecule has 0 amide bonds. The molecule has 1 unspecified atom stereocenters. The van der Waals surface area contributed by atoms with Gasteiger partial charge in [0, 0.05) is 20.1 Å². The number of methoxy groups -OCH3 is 1. The molecule has 1 heterocycles. The zero-order valence-electron chi connectivity index (χ0n) is 9.17. The fourth-order valence-corrected chi connectivity index (χ4v) is 1.96. The topological polar surface area (TPSA) is 35.5 Å². The largest absolute Gasteiger partial charge is 0.382 e. The molecule has 0 radical (unpaired) electrons. The molecule has 14 heavy (non-hydrogen) atoms. The number of carbonyl (C=O) groups excluding carboxylic acids is 1. The van der Waals surface area contributed by atoms with Crippen LogP contribution in [-0.4, -0.2) is 31.7 Å². The van der Waals surface area contributed by atoms with Crippen molar-refractivity contribution < 1.29 is 14.3 Å². The molecule has 0 bridgehead atoms. The molecule has 3 heteroatoms. The van der Waals surface area contributed by atoms with Crippen molar-refractivity contribution in [2.75, 3.05) is 20.3 Å². The second-order valence-electron chi connectivity index (χ2n) is 4.12. The van der Waals surface area contributed by atoms with Crippen molar-refractivity contribution in [3.63, 3.8) is 0 Å². The Morgan fingerprint density at radius 1 is 1.50 bits per heavy atom. The molecule has 1 aliphatic rings. The van der Waals surface area contributed by atoms with Gasteiger partial charge in [0.15, 0.2) is 0 Å². The Labute approximate surface area is 85.8 Å². The first-order valence-corrected chi connectivity index (χ1v) is 5.31. The van der Waals surface area contributed by atoms with E-state index in [0.29, 0.717) is 13.0 Å². The molecule has 1 saturated heterocycles. The zero-order valence-corrected chi connectivity index (χ0v) is 9.17. The summed E-state index contributed by atoms with van der Waals surface area (Å²) in [5.41, 5.74) is -0.182. The van der Waals surface area contributed by atoms with Gasteiger partial charge in [-0.15, -0.1) is 0 Å². The van der Waals surface area contributed by atoms with Gasteiger partial charge in [0.05, 0.1) is 12.2 Å². The van der Waals surface area contributed by atoms with E-state index >= 15 is 0 Å². The zero-order chi connectivity index (χ0) is 10.4. The normalized spacial score (nSPS) is 27.6. The third-order valence-corrected chi connectivity index (χ3v) is 2.78. The summed E-state index contributed by atoms with van der Waals surface area (Å²) in [5.74, 6) is 0.231. The van der Waals surface area contributed by atoms with Gasteiger partial charge in [0.1, 0.15) is 5.78 Å². The Balaban J connectivity index is 2.46. The van der Waals surface area contributed by atoms with Crippen molar-refractivity contribution in [3.8, 4) is 0 Å². The lowest BCUT2D eigenvalue weighted by Gasteiger charge is -2.36. The van der Waals surface area contributed by atoms with Crippen molar-refractivity contribution in [3.05, 3.63) is 0 Å². The molecule has 0 N–H and O–H groups in total. The summed E-state index contributed by atoms with van der Waals surface area (Å²) in [6.07, 6.45) is 4.74. The Morgan fingerprint density at radius 2 is 2.29 bits per heavy atom. The smallest absolute Gasteiger partial charge is 0.129 e. The van der Waals surface area contributed by atoms with Crippen LogP contribution in [0.15, 0.2) is 0 Å². The fraction of sp³-hybridized carbons (Fsp3) is 0.909. The summed E-state index contributed by atoms with van der Waals surface area (Å²) in [7, 11) is 1.69. The first-order valence-electron chi connectivity index (χ1n) is 5.31. The third-order valence-electron chi connectivity index (χ3n) is 2.78. The average molecular weight is 200 g/mol. The second kappa shape index (κ2) is 5.47. The highest BCUT2D eigenvalue weighted by atomic mass is 16.5. The van der Waals surface area contributed by atoms with Crippen LogP contribution in [0.5, 0.6) is 0 Å². The molecule has 1 atom stereocenters. The van der Waals surface area contributed by atoms with Crippen molar-refractivity contribution in [2.45, 2.75) is 44.6 Å². The van der Waals surface area contributed by atoms with Gasteiger partial charge in [-0.1, -0.05) is 0 Å². The molecule has 0 aromatic carbocycles. The Kier molecular flexibility index (Phi) is 4.55. The molecular weight excluding hydrogens is 180 g/mol.